The smallest absolute Gasteiger partial charge is 0.230 e. The van der Waals surface area contributed by atoms with E-state index in [1.54, 1.807) is 0 Å². The van der Waals surface area contributed by atoms with Crippen molar-refractivity contribution in [1.29, 1.82) is 0 Å². The second-order valence-corrected chi connectivity index (χ2v) is 4.64. The average molecular weight is 204 g/mol. The summed E-state index contributed by atoms with van der Waals surface area (Å²) >= 11 is 0. The molecule has 0 unspecified atom stereocenters. The van der Waals surface area contributed by atoms with E-state index in [0.29, 0.717) is 0 Å². The van der Waals surface area contributed by atoms with E-state index in [-0.39, 0.29) is 11.3 Å². The van der Waals surface area contributed by atoms with Crippen molar-refractivity contribution in [3.8, 4) is 0 Å². The van der Waals surface area contributed by atoms with Crippen LogP contribution in [0.25, 0.3) is 0 Å². The van der Waals surface area contributed by atoms with Gasteiger partial charge in [0.1, 0.15) is 0 Å². The zero-order valence-electron chi connectivity index (χ0n) is 9.35. The minimum atomic E-state index is -0.297. The number of nitrogens with one attached hydrogen (secondary N) is 2. The van der Waals surface area contributed by atoms with Crippen LogP contribution in [0.2, 0.25) is 0 Å². The van der Waals surface area contributed by atoms with Gasteiger partial charge in [-0.15, -0.1) is 0 Å². The first-order chi connectivity index (χ1) is 7.03. The maximum atomic E-state index is 11.7. The topological polar surface area (TPSA) is 41.1 Å². The van der Waals surface area contributed by atoms with Crippen molar-refractivity contribution in [3.05, 3.63) is 23.8 Å². The van der Waals surface area contributed by atoms with E-state index in [9.17, 15) is 4.79 Å². The summed E-state index contributed by atoms with van der Waals surface area (Å²) in [6.07, 6.45) is 0.804. The van der Waals surface area contributed by atoms with Crippen LogP contribution in [0.1, 0.15) is 19.4 Å². The summed E-state index contributed by atoms with van der Waals surface area (Å²) in [4.78, 5) is 11.7. The zero-order valence-corrected chi connectivity index (χ0v) is 9.35. The van der Waals surface area contributed by atoms with Gasteiger partial charge in [0.15, 0.2) is 0 Å². The number of fused-ring (bicyclic) bond motifs is 1. The molecule has 0 aromatic heterocycles. The van der Waals surface area contributed by atoms with E-state index in [1.807, 2.05) is 33.0 Å². The minimum Gasteiger partial charge on any atom is -0.388 e. The Kier molecular flexibility index (Phi) is 2.18. The molecule has 1 aromatic carbocycles. The molecule has 1 aliphatic heterocycles. The number of hydrogen-bond donors (Lipinski definition) is 2. The maximum Gasteiger partial charge on any atom is 0.230 e. The molecule has 2 N–H and O–H groups in total. The Hall–Kier alpha value is -1.51. The van der Waals surface area contributed by atoms with E-state index in [1.165, 1.54) is 5.56 Å². The van der Waals surface area contributed by atoms with Crippen molar-refractivity contribution in [1.82, 2.24) is 0 Å². The summed E-state index contributed by atoms with van der Waals surface area (Å²) in [5.41, 5.74) is 2.87. The van der Waals surface area contributed by atoms with E-state index >= 15 is 0 Å². The molecule has 1 aliphatic rings. The normalized spacial score (nSPS) is 17.9. The molecule has 3 heteroatoms. The van der Waals surface area contributed by atoms with Crippen LogP contribution in [0.5, 0.6) is 0 Å². The van der Waals surface area contributed by atoms with Gasteiger partial charge in [-0.05, 0) is 24.1 Å². The fourth-order valence-electron chi connectivity index (χ4n) is 1.85. The fourth-order valence-corrected chi connectivity index (χ4v) is 1.85. The molecule has 2 rings (SSSR count). The molecule has 1 aromatic rings. The number of anilines is 2. The first-order valence-electron chi connectivity index (χ1n) is 5.15. The third-order valence-corrected chi connectivity index (χ3v) is 2.89. The van der Waals surface area contributed by atoms with E-state index in [2.05, 4.69) is 16.7 Å². The molecule has 0 aliphatic carbocycles. The Morgan fingerprint density at radius 1 is 1.40 bits per heavy atom. The second kappa shape index (κ2) is 3.26. The van der Waals surface area contributed by atoms with Crippen LogP contribution in [-0.2, 0) is 11.2 Å². The van der Waals surface area contributed by atoms with Crippen molar-refractivity contribution < 1.29 is 4.79 Å². The zero-order chi connectivity index (χ0) is 11.1. The second-order valence-electron chi connectivity index (χ2n) is 4.64. The Morgan fingerprint density at radius 3 is 2.80 bits per heavy atom. The standard InChI is InChI=1S/C12H16N2O/c1-12(2)7-8-4-5-9(13-3)6-10(8)14-11(12)15/h4-6,13H,7H2,1-3H3,(H,14,15). The van der Waals surface area contributed by atoms with Crippen molar-refractivity contribution >= 4 is 17.3 Å². The van der Waals surface area contributed by atoms with Crippen molar-refractivity contribution in [2.75, 3.05) is 17.7 Å². The van der Waals surface area contributed by atoms with Gasteiger partial charge < -0.3 is 10.6 Å². The largest absolute Gasteiger partial charge is 0.388 e. The Morgan fingerprint density at radius 2 is 2.13 bits per heavy atom. The Labute approximate surface area is 89.9 Å². The van der Waals surface area contributed by atoms with Crippen LogP contribution in [0, 0.1) is 5.41 Å². The van der Waals surface area contributed by atoms with Gasteiger partial charge in [0.25, 0.3) is 0 Å². The van der Waals surface area contributed by atoms with Crippen LogP contribution in [0.3, 0.4) is 0 Å². The lowest BCUT2D eigenvalue weighted by atomic mass is 9.81. The number of amides is 1. The predicted molar refractivity (Wildman–Crippen MR) is 62.1 cm³/mol. The molecule has 3 nitrogen and oxygen atoms in total. The summed E-state index contributed by atoms with van der Waals surface area (Å²) in [6, 6.07) is 6.08. The van der Waals surface area contributed by atoms with E-state index in [4.69, 9.17) is 0 Å². The molecule has 1 heterocycles. The lowest BCUT2D eigenvalue weighted by molar-refractivity contribution is -0.124. The molecule has 0 spiro atoms. The fraction of sp³-hybridized carbons (Fsp3) is 0.417. The van der Waals surface area contributed by atoms with Gasteiger partial charge >= 0.3 is 0 Å². The number of rotatable bonds is 1. The summed E-state index contributed by atoms with van der Waals surface area (Å²) in [5.74, 6) is 0.100. The average Bonchev–Trinajstić information content (AvgIpc) is 2.19. The van der Waals surface area contributed by atoms with Crippen LogP contribution >= 0.6 is 0 Å². The number of benzene rings is 1. The number of hydrogen-bond acceptors (Lipinski definition) is 2. The van der Waals surface area contributed by atoms with Gasteiger partial charge in [-0.2, -0.15) is 0 Å². The molecule has 0 bridgehead atoms. The molecular weight excluding hydrogens is 188 g/mol. The van der Waals surface area contributed by atoms with Crippen LogP contribution in [0.15, 0.2) is 18.2 Å². The predicted octanol–water partition coefficient (Wildman–Crippen LogP) is 2.25. The SMILES string of the molecule is CNc1ccc2c(c1)NC(=O)C(C)(C)C2. The van der Waals surface area contributed by atoms with Crippen molar-refractivity contribution in [3.63, 3.8) is 0 Å². The van der Waals surface area contributed by atoms with Gasteiger partial charge in [-0.1, -0.05) is 19.9 Å². The maximum absolute atomic E-state index is 11.7. The highest BCUT2D eigenvalue weighted by atomic mass is 16.2. The molecule has 15 heavy (non-hydrogen) atoms. The highest BCUT2D eigenvalue weighted by molar-refractivity contribution is 5.98. The molecule has 80 valence electrons. The molecule has 1 amide bonds. The third-order valence-electron chi connectivity index (χ3n) is 2.89. The first kappa shape index (κ1) is 10.0. The van der Waals surface area contributed by atoms with E-state index in [0.717, 1.165) is 17.8 Å². The Bertz CT molecular complexity index is 410. The number of carbonyl (C=O) groups is 1. The Balaban J connectivity index is 2.41. The van der Waals surface area contributed by atoms with Gasteiger partial charge in [0.05, 0.1) is 0 Å². The van der Waals surface area contributed by atoms with E-state index < -0.39 is 0 Å². The van der Waals surface area contributed by atoms with Crippen LogP contribution < -0.4 is 10.6 Å². The molecule has 0 fully saturated rings. The summed E-state index contributed by atoms with van der Waals surface area (Å²) in [6.45, 7) is 3.94. The first-order valence-corrected chi connectivity index (χ1v) is 5.15. The molecule has 0 saturated carbocycles. The highest BCUT2D eigenvalue weighted by Crippen LogP contribution is 2.34. The lowest BCUT2D eigenvalue weighted by Gasteiger charge is -2.30. The lowest BCUT2D eigenvalue weighted by Crippen LogP contribution is -2.37. The summed E-state index contributed by atoms with van der Waals surface area (Å²) in [5, 5.41) is 6.01. The molecule has 0 atom stereocenters. The van der Waals surface area contributed by atoms with Crippen molar-refractivity contribution in [2.45, 2.75) is 20.3 Å². The van der Waals surface area contributed by atoms with Crippen LogP contribution in [0.4, 0.5) is 11.4 Å². The van der Waals surface area contributed by atoms with Gasteiger partial charge in [0.2, 0.25) is 5.91 Å². The van der Waals surface area contributed by atoms with Gasteiger partial charge in [-0.25, -0.2) is 0 Å². The molecule has 0 radical (unpaired) electrons. The summed E-state index contributed by atoms with van der Waals surface area (Å²) < 4.78 is 0. The quantitative estimate of drug-likeness (QED) is 0.736. The highest BCUT2D eigenvalue weighted by Gasteiger charge is 2.33. The third kappa shape index (κ3) is 1.69. The monoisotopic (exact) mass is 204 g/mol. The minimum absolute atomic E-state index is 0.100. The van der Waals surface area contributed by atoms with Gasteiger partial charge in [0, 0.05) is 23.8 Å². The van der Waals surface area contributed by atoms with Crippen molar-refractivity contribution in [2.24, 2.45) is 5.41 Å². The molecule has 0 saturated heterocycles. The molecular formula is C12H16N2O. The van der Waals surface area contributed by atoms with Gasteiger partial charge in [-0.3, -0.25) is 4.79 Å². The summed E-state index contributed by atoms with van der Waals surface area (Å²) in [7, 11) is 1.87. The number of carbonyl (C=O) groups excluding carboxylic acids is 1. The van der Waals surface area contributed by atoms with Crippen LogP contribution in [-0.4, -0.2) is 13.0 Å².